The van der Waals surface area contributed by atoms with Crippen molar-refractivity contribution in [3.63, 3.8) is 0 Å². The molecule has 6 heteroatoms. The predicted molar refractivity (Wildman–Crippen MR) is 124 cm³/mol. The van der Waals surface area contributed by atoms with E-state index in [1.165, 1.54) is 0 Å². The molecular formula is C26H26N2O4. The number of hydrogen-bond donors (Lipinski definition) is 1. The van der Waals surface area contributed by atoms with Crippen molar-refractivity contribution in [3.8, 4) is 34.7 Å². The minimum absolute atomic E-state index is 0.0689. The maximum absolute atomic E-state index is 5.92. The fourth-order valence-corrected chi connectivity index (χ4v) is 3.21. The molecule has 3 aromatic rings. The smallest absolute Gasteiger partial charge is 0.217 e. The van der Waals surface area contributed by atoms with Gasteiger partial charge in [0, 0.05) is 28.9 Å². The number of ether oxygens (including phenoxy) is 4. The number of methoxy groups -OCH3 is 1. The van der Waals surface area contributed by atoms with Crippen LogP contribution in [0.3, 0.4) is 0 Å². The Morgan fingerprint density at radius 3 is 2.66 bits per heavy atom. The number of anilines is 1. The molecular weight excluding hydrogens is 404 g/mol. The van der Waals surface area contributed by atoms with Gasteiger partial charge in [0.25, 0.3) is 0 Å². The van der Waals surface area contributed by atoms with Gasteiger partial charge in [0.2, 0.25) is 5.88 Å². The van der Waals surface area contributed by atoms with Gasteiger partial charge in [0.1, 0.15) is 18.5 Å². The minimum atomic E-state index is -0.0689. The van der Waals surface area contributed by atoms with Crippen molar-refractivity contribution in [3.05, 3.63) is 72.3 Å². The van der Waals surface area contributed by atoms with Crippen LogP contribution in [0.5, 0.6) is 11.6 Å². The SMILES string of the molecule is COc1cc(OCC2COCCO2)cc(-c2ccc(C#CCNc3ccccc3)cc2)n1. The number of nitrogens with one attached hydrogen (secondary N) is 1. The maximum Gasteiger partial charge on any atom is 0.217 e. The molecule has 2 heterocycles. The van der Waals surface area contributed by atoms with E-state index < -0.39 is 0 Å². The first-order chi connectivity index (χ1) is 15.8. The molecule has 0 saturated carbocycles. The number of benzene rings is 2. The standard InChI is InChI=1S/C26H26N2O4/c1-29-26-17-23(32-19-24-18-30-14-15-31-24)16-25(28-26)21-11-9-20(10-12-21)6-5-13-27-22-7-3-2-4-8-22/h2-4,7-12,16-17,24,27H,13-15,18-19H2,1H3. The van der Waals surface area contributed by atoms with Gasteiger partial charge in [-0.15, -0.1) is 0 Å². The molecule has 1 unspecified atom stereocenters. The lowest BCUT2D eigenvalue weighted by Gasteiger charge is -2.23. The average Bonchev–Trinajstić information content (AvgIpc) is 2.87. The van der Waals surface area contributed by atoms with Crippen molar-refractivity contribution in [2.45, 2.75) is 6.10 Å². The quantitative estimate of drug-likeness (QED) is 0.572. The lowest BCUT2D eigenvalue weighted by Crippen LogP contribution is -2.33. The van der Waals surface area contributed by atoms with Crippen molar-refractivity contribution in [2.75, 3.05) is 45.4 Å². The molecule has 1 N–H and O–H groups in total. The van der Waals surface area contributed by atoms with Crippen LogP contribution in [-0.4, -0.2) is 51.2 Å². The van der Waals surface area contributed by atoms with Crippen LogP contribution >= 0.6 is 0 Å². The molecule has 0 bridgehead atoms. The summed E-state index contributed by atoms with van der Waals surface area (Å²) in [5, 5.41) is 3.28. The van der Waals surface area contributed by atoms with Gasteiger partial charge in [0.05, 0.1) is 39.2 Å². The van der Waals surface area contributed by atoms with Crippen LogP contribution in [0, 0.1) is 11.8 Å². The molecule has 1 aromatic heterocycles. The van der Waals surface area contributed by atoms with Gasteiger partial charge in [-0.1, -0.05) is 42.2 Å². The van der Waals surface area contributed by atoms with Gasteiger partial charge in [-0.05, 0) is 24.3 Å². The van der Waals surface area contributed by atoms with E-state index in [0.29, 0.717) is 44.6 Å². The number of aromatic nitrogens is 1. The zero-order valence-electron chi connectivity index (χ0n) is 18.0. The van der Waals surface area contributed by atoms with E-state index >= 15 is 0 Å². The van der Waals surface area contributed by atoms with E-state index in [-0.39, 0.29) is 6.10 Å². The summed E-state index contributed by atoms with van der Waals surface area (Å²) in [6.07, 6.45) is -0.0689. The molecule has 164 valence electrons. The Hall–Kier alpha value is -3.53. The molecule has 1 atom stereocenters. The first-order valence-corrected chi connectivity index (χ1v) is 10.6. The summed E-state index contributed by atoms with van der Waals surface area (Å²) in [4.78, 5) is 4.55. The third kappa shape index (κ3) is 6.24. The van der Waals surface area contributed by atoms with E-state index in [0.717, 1.165) is 22.5 Å². The van der Waals surface area contributed by atoms with Crippen molar-refractivity contribution >= 4 is 5.69 Å². The lowest BCUT2D eigenvalue weighted by molar-refractivity contribution is -0.101. The van der Waals surface area contributed by atoms with Gasteiger partial charge < -0.3 is 24.3 Å². The second-order valence-corrected chi connectivity index (χ2v) is 7.21. The topological polar surface area (TPSA) is 61.8 Å². The van der Waals surface area contributed by atoms with Crippen molar-refractivity contribution < 1.29 is 18.9 Å². The molecule has 1 saturated heterocycles. The Kier molecular flexibility index (Phi) is 7.59. The van der Waals surface area contributed by atoms with Gasteiger partial charge in [-0.3, -0.25) is 0 Å². The zero-order valence-corrected chi connectivity index (χ0v) is 18.0. The van der Waals surface area contributed by atoms with Crippen LogP contribution in [-0.2, 0) is 9.47 Å². The third-order valence-electron chi connectivity index (χ3n) is 4.87. The summed E-state index contributed by atoms with van der Waals surface area (Å²) in [6.45, 7) is 2.76. The Balaban J connectivity index is 1.39. The maximum atomic E-state index is 5.92. The minimum Gasteiger partial charge on any atom is -0.491 e. The highest BCUT2D eigenvalue weighted by atomic mass is 16.6. The molecule has 0 radical (unpaired) electrons. The molecule has 6 nitrogen and oxygen atoms in total. The Labute approximate surface area is 188 Å². The molecule has 4 rings (SSSR count). The van der Waals surface area contributed by atoms with Crippen molar-refractivity contribution in [1.29, 1.82) is 0 Å². The Morgan fingerprint density at radius 2 is 1.91 bits per heavy atom. The molecule has 0 spiro atoms. The number of nitrogens with zero attached hydrogens (tertiary/aromatic N) is 1. The third-order valence-corrected chi connectivity index (χ3v) is 4.87. The summed E-state index contributed by atoms with van der Waals surface area (Å²) in [5.74, 6) is 7.49. The normalized spacial score (nSPS) is 15.3. The molecule has 0 amide bonds. The molecule has 1 aliphatic heterocycles. The van der Waals surface area contributed by atoms with Gasteiger partial charge >= 0.3 is 0 Å². The fourth-order valence-electron chi connectivity index (χ4n) is 3.21. The molecule has 2 aromatic carbocycles. The number of pyridine rings is 1. The van der Waals surface area contributed by atoms with E-state index in [1.807, 2.05) is 60.7 Å². The van der Waals surface area contributed by atoms with Gasteiger partial charge in [-0.2, -0.15) is 0 Å². The van der Waals surface area contributed by atoms with Crippen LogP contribution < -0.4 is 14.8 Å². The molecule has 1 fully saturated rings. The van der Waals surface area contributed by atoms with E-state index in [2.05, 4.69) is 22.1 Å². The van der Waals surface area contributed by atoms with E-state index in [4.69, 9.17) is 18.9 Å². The Morgan fingerprint density at radius 1 is 1.06 bits per heavy atom. The van der Waals surface area contributed by atoms with E-state index in [9.17, 15) is 0 Å². The second-order valence-electron chi connectivity index (χ2n) is 7.21. The van der Waals surface area contributed by atoms with Gasteiger partial charge in [0.15, 0.2) is 0 Å². The average molecular weight is 431 g/mol. The summed E-state index contributed by atoms with van der Waals surface area (Å²) in [7, 11) is 1.59. The fraction of sp³-hybridized carbons (Fsp3) is 0.269. The summed E-state index contributed by atoms with van der Waals surface area (Å²) in [5.41, 5.74) is 3.73. The first-order valence-electron chi connectivity index (χ1n) is 10.6. The Bertz CT molecular complexity index is 1050. The summed E-state index contributed by atoms with van der Waals surface area (Å²) in [6, 6.07) is 21.7. The zero-order chi connectivity index (χ0) is 22.0. The largest absolute Gasteiger partial charge is 0.491 e. The van der Waals surface area contributed by atoms with Gasteiger partial charge in [-0.25, -0.2) is 4.98 Å². The first kappa shape index (κ1) is 21.7. The monoisotopic (exact) mass is 430 g/mol. The van der Waals surface area contributed by atoms with Crippen LogP contribution in [0.4, 0.5) is 5.69 Å². The van der Waals surface area contributed by atoms with Crippen LogP contribution in [0.2, 0.25) is 0 Å². The molecule has 32 heavy (non-hydrogen) atoms. The number of para-hydroxylation sites is 1. The highest BCUT2D eigenvalue weighted by Crippen LogP contribution is 2.27. The summed E-state index contributed by atoms with van der Waals surface area (Å²) >= 11 is 0. The highest BCUT2D eigenvalue weighted by Gasteiger charge is 2.16. The second kappa shape index (κ2) is 11.2. The number of rotatable bonds is 7. The predicted octanol–water partition coefficient (Wildman–Crippen LogP) is 4.02. The number of hydrogen-bond acceptors (Lipinski definition) is 6. The van der Waals surface area contributed by atoms with Crippen LogP contribution in [0.25, 0.3) is 11.3 Å². The van der Waals surface area contributed by atoms with Crippen LogP contribution in [0.1, 0.15) is 5.56 Å². The molecule has 1 aliphatic rings. The lowest BCUT2D eigenvalue weighted by atomic mass is 10.1. The highest BCUT2D eigenvalue weighted by molar-refractivity contribution is 5.63. The molecule has 0 aliphatic carbocycles. The van der Waals surface area contributed by atoms with E-state index in [1.54, 1.807) is 13.2 Å². The van der Waals surface area contributed by atoms with Crippen LogP contribution in [0.15, 0.2) is 66.7 Å². The summed E-state index contributed by atoms with van der Waals surface area (Å²) < 4.78 is 22.3. The van der Waals surface area contributed by atoms with Crippen molar-refractivity contribution in [2.24, 2.45) is 0 Å². The van der Waals surface area contributed by atoms with Crippen molar-refractivity contribution in [1.82, 2.24) is 4.98 Å².